The van der Waals surface area contributed by atoms with Gasteiger partial charge in [-0.1, -0.05) is 22.8 Å². The van der Waals surface area contributed by atoms with Crippen molar-refractivity contribution in [1.82, 2.24) is 5.16 Å². The number of hydrogen-bond donors (Lipinski definition) is 0. The third-order valence-corrected chi connectivity index (χ3v) is 3.37. The van der Waals surface area contributed by atoms with Crippen LogP contribution in [0.25, 0.3) is 12.2 Å². The molecule has 24 heavy (non-hydrogen) atoms. The van der Waals surface area contributed by atoms with E-state index in [1.165, 1.54) is 13.0 Å². The first-order chi connectivity index (χ1) is 11.5. The summed E-state index contributed by atoms with van der Waals surface area (Å²) < 4.78 is 16.0. The van der Waals surface area contributed by atoms with Crippen LogP contribution in [0.5, 0.6) is 11.5 Å². The van der Waals surface area contributed by atoms with Crippen molar-refractivity contribution >= 4 is 29.4 Å². The second-order valence-corrected chi connectivity index (χ2v) is 5.17. The van der Waals surface area contributed by atoms with Crippen molar-refractivity contribution in [2.75, 3.05) is 13.2 Å². The predicted molar refractivity (Wildman–Crippen MR) is 90.6 cm³/mol. The van der Waals surface area contributed by atoms with Gasteiger partial charge in [-0.15, -0.1) is 0 Å². The van der Waals surface area contributed by atoms with E-state index in [2.05, 4.69) is 5.16 Å². The lowest BCUT2D eigenvalue weighted by Crippen LogP contribution is -1.99. The highest BCUT2D eigenvalue weighted by Crippen LogP contribution is 2.37. The quantitative estimate of drug-likeness (QED) is 0.538. The van der Waals surface area contributed by atoms with Gasteiger partial charge in [0.15, 0.2) is 17.2 Å². The third kappa shape index (κ3) is 3.86. The number of ether oxygens (including phenoxy) is 2. The lowest BCUT2D eigenvalue weighted by Gasteiger charge is -2.13. The molecule has 1 heterocycles. The van der Waals surface area contributed by atoms with Gasteiger partial charge in [0.05, 0.1) is 23.2 Å². The van der Waals surface area contributed by atoms with Crippen LogP contribution in [0.3, 0.4) is 0 Å². The van der Waals surface area contributed by atoms with E-state index in [-0.39, 0.29) is 17.1 Å². The minimum absolute atomic E-state index is 0.0699. The maximum atomic E-state index is 11.0. The number of hydrogen-bond acceptors (Lipinski definition) is 6. The summed E-state index contributed by atoms with van der Waals surface area (Å²) in [5, 5.41) is 15.0. The summed E-state index contributed by atoms with van der Waals surface area (Å²) in [6.45, 7) is 6.13. The molecule has 0 radical (unpaired) electrons. The fraction of sp³-hybridized carbons (Fsp3) is 0.312. The first-order valence-corrected chi connectivity index (χ1v) is 7.73. The van der Waals surface area contributed by atoms with Crippen LogP contribution >= 0.6 is 11.6 Å². The van der Waals surface area contributed by atoms with Gasteiger partial charge in [0, 0.05) is 0 Å². The molecule has 2 rings (SSSR count). The molecule has 1 aromatic heterocycles. The fourth-order valence-electron chi connectivity index (χ4n) is 2.12. The average Bonchev–Trinajstić information content (AvgIpc) is 2.90. The van der Waals surface area contributed by atoms with Gasteiger partial charge in [-0.25, -0.2) is 0 Å². The number of benzene rings is 1. The van der Waals surface area contributed by atoms with Crippen LogP contribution in [0, 0.1) is 17.0 Å². The molecule has 0 atom stereocenters. The first kappa shape index (κ1) is 17.8. The maximum absolute atomic E-state index is 11.0. The molecule has 0 saturated carbocycles. The van der Waals surface area contributed by atoms with Crippen molar-refractivity contribution in [3.63, 3.8) is 0 Å². The Bertz CT molecular complexity index is 770. The van der Waals surface area contributed by atoms with Crippen LogP contribution in [-0.4, -0.2) is 23.3 Å². The van der Waals surface area contributed by atoms with Crippen LogP contribution in [0.4, 0.5) is 5.69 Å². The van der Waals surface area contributed by atoms with E-state index >= 15 is 0 Å². The van der Waals surface area contributed by atoms with Gasteiger partial charge in [0.1, 0.15) is 0 Å². The second kappa shape index (κ2) is 7.83. The van der Waals surface area contributed by atoms with Gasteiger partial charge in [-0.3, -0.25) is 10.1 Å². The van der Waals surface area contributed by atoms with Crippen LogP contribution < -0.4 is 9.47 Å². The number of nitro groups is 1. The number of nitrogens with zero attached hydrogens (tertiary/aromatic N) is 2. The molecule has 0 unspecified atom stereocenters. The number of aromatic nitrogens is 1. The van der Waals surface area contributed by atoms with Crippen molar-refractivity contribution in [2.24, 2.45) is 0 Å². The minimum Gasteiger partial charge on any atom is -0.490 e. The van der Waals surface area contributed by atoms with E-state index in [4.69, 9.17) is 25.6 Å². The zero-order chi connectivity index (χ0) is 17.7. The van der Waals surface area contributed by atoms with Crippen LogP contribution in [0.1, 0.15) is 30.9 Å². The molecule has 0 fully saturated rings. The SMILES string of the molecule is CCOc1cc(/C=C\c2onc(C)c2[N+](=O)[O-])cc(Cl)c1OCC. The molecule has 0 amide bonds. The van der Waals surface area contributed by atoms with Gasteiger partial charge in [0.25, 0.3) is 0 Å². The number of halogens is 1. The Morgan fingerprint density at radius 3 is 2.62 bits per heavy atom. The maximum Gasteiger partial charge on any atom is 0.338 e. The second-order valence-electron chi connectivity index (χ2n) is 4.77. The van der Waals surface area contributed by atoms with E-state index in [0.29, 0.717) is 35.3 Å². The van der Waals surface area contributed by atoms with Gasteiger partial charge in [-0.2, -0.15) is 0 Å². The smallest absolute Gasteiger partial charge is 0.338 e. The van der Waals surface area contributed by atoms with E-state index in [0.717, 1.165) is 0 Å². The summed E-state index contributed by atoms with van der Waals surface area (Å²) in [5.41, 5.74) is 0.753. The standard InChI is InChI=1S/C16H17ClN2O5/c1-4-22-14-9-11(8-12(17)16(14)23-5-2)6-7-13-15(19(20)21)10(3)18-24-13/h6-9H,4-5H2,1-3H3/b7-6-. The molecule has 128 valence electrons. The van der Waals surface area contributed by atoms with Crippen LogP contribution in [-0.2, 0) is 0 Å². The Kier molecular flexibility index (Phi) is 5.81. The summed E-state index contributed by atoms with van der Waals surface area (Å²) in [4.78, 5) is 10.5. The number of aryl methyl sites for hydroxylation is 1. The predicted octanol–water partition coefficient (Wildman–Crippen LogP) is 4.51. The highest BCUT2D eigenvalue weighted by Gasteiger charge is 2.22. The third-order valence-electron chi connectivity index (χ3n) is 3.09. The van der Waals surface area contributed by atoms with E-state index in [1.54, 1.807) is 18.2 Å². The summed E-state index contributed by atoms with van der Waals surface area (Å²) in [6.07, 6.45) is 3.11. The normalized spacial score (nSPS) is 11.0. The van der Waals surface area contributed by atoms with E-state index in [9.17, 15) is 10.1 Å². The highest BCUT2D eigenvalue weighted by molar-refractivity contribution is 6.32. The van der Waals surface area contributed by atoms with Crippen LogP contribution in [0.2, 0.25) is 5.02 Å². The Labute approximate surface area is 144 Å². The van der Waals surface area contributed by atoms with Crippen molar-refractivity contribution in [2.45, 2.75) is 20.8 Å². The first-order valence-electron chi connectivity index (χ1n) is 7.35. The largest absolute Gasteiger partial charge is 0.490 e. The topological polar surface area (TPSA) is 87.6 Å². The molecule has 0 saturated heterocycles. The zero-order valence-corrected chi connectivity index (χ0v) is 14.3. The van der Waals surface area contributed by atoms with Gasteiger partial charge >= 0.3 is 5.69 Å². The monoisotopic (exact) mass is 352 g/mol. The molecule has 0 bridgehead atoms. The molecule has 0 aliphatic carbocycles. The lowest BCUT2D eigenvalue weighted by atomic mass is 10.1. The van der Waals surface area contributed by atoms with Gasteiger partial charge in [-0.05, 0) is 44.5 Å². The molecule has 7 nitrogen and oxygen atoms in total. The lowest BCUT2D eigenvalue weighted by molar-refractivity contribution is -0.386. The minimum atomic E-state index is -0.526. The summed E-state index contributed by atoms with van der Waals surface area (Å²) in [5.74, 6) is 1.05. The number of rotatable bonds is 7. The molecule has 0 aliphatic rings. The zero-order valence-electron chi connectivity index (χ0n) is 13.5. The molecular weight excluding hydrogens is 336 g/mol. The summed E-state index contributed by atoms with van der Waals surface area (Å²) >= 11 is 6.23. The van der Waals surface area contributed by atoms with Crippen molar-refractivity contribution in [3.05, 3.63) is 44.3 Å². The van der Waals surface area contributed by atoms with E-state index in [1.807, 2.05) is 13.8 Å². The molecule has 0 N–H and O–H groups in total. The molecule has 1 aromatic carbocycles. The Morgan fingerprint density at radius 2 is 2.00 bits per heavy atom. The van der Waals surface area contributed by atoms with Crippen LogP contribution in [0.15, 0.2) is 16.7 Å². The Hall–Kier alpha value is -2.54. The fourth-order valence-corrected chi connectivity index (χ4v) is 2.39. The molecule has 0 aliphatic heterocycles. The van der Waals surface area contributed by atoms with Gasteiger partial charge in [0.2, 0.25) is 5.76 Å². The molecule has 0 spiro atoms. The highest BCUT2D eigenvalue weighted by atomic mass is 35.5. The Morgan fingerprint density at radius 1 is 1.29 bits per heavy atom. The summed E-state index contributed by atoms with van der Waals surface area (Å²) in [7, 11) is 0. The molecular formula is C16H17ClN2O5. The van der Waals surface area contributed by atoms with Crippen molar-refractivity contribution in [3.8, 4) is 11.5 Å². The van der Waals surface area contributed by atoms with Crippen molar-refractivity contribution in [1.29, 1.82) is 0 Å². The molecule has 8 heteroatoms. The average molecular weight is 353 g/mol. The summed E-state index contributed by atoms with van der Waals surface area (Å²) in [6, 6.07) is 3.42. The van der Waals surface area contributed by atoms with Crippen molar-refractivity contribution < 1.29 is 18.9 Å². The van der Waals surface area contributed by atoms with Gasteiger partial charge < -0.3 is 14.0 Å². The molecule has 2 aromatic rings. The Balaban J connectivity index is 2.38. The van der Waals surface area contributed by atoms with E-state index < -0.39 is 4.92 Å².